The van der Waals surface area contributed by atoms with Crippen LogP contribution in [0.1, 0.15) is 0 Å². The maximum atomic E-state index is 12.1. The van der Waals surface area contributed by atoms with E-state index in [4.69, 9.17) is 15.7 Å². The molecule has 10 heteroatoms. The summed E-state index contributed by atoms with van der Waals surface area (Å²) in [5, 5.41) is 8.63. The summed E-state index contributed by atoms with van der Waals surface area (Å²) in [4.78, 5) is 11.0. The van der Waals surface area contributed by atoms with Crippen LogP contribution in [0, 0.1) is 17.2 Å². The van der Waals surface area contributed by atoms with Crippen molar-refractivity contribution in [2.45, 2.75) is 6.10 Å². The molecule has 0 bridgehead atoms. The molecular weight excluding hydrogens is 283 g/mol. The molecular formula is C9H14N4NaO4S+. The molecule has 8 nitrogen and oxygen atoms in total. The average Bonchev–Trinajstić information content (AvgIpc) is 2.27. The summed E-state index contributed by atoms with van der Waals surface area (Å²) in [5.41, 5.74) is 5.10. The normalized spacial score (nSPS) is 25.9. The zero-order chi connectivity index (χ0) is 13.3. The van der Waals surface area contributed by atoms with Crippen LogP contribution in [-0.2, 0) is 19.7 Å². The molecule has 2 heterocycles. The Morgan fingerprint density at radius 3 is 2.47 bits per heavy atom. The van der Waals surface area contributed by atoms with Gasteiger partial charge >= 0.3 is 29.6 Å². The maximum absolute atomic E-state index is 12.1. The molecule has 2 aliphatic rings. The Kier molecular flexibility index (Phi) is 5.76. The number of morpholine rings is 1. The minimum atomic E-state index is -3.61. The predicted octanol–water partition coefficient (Wildman–Crippen LogP) is -5.12. The van der Waals surface area contributed by atoms with Crippen molar-refractivity contribution in [2.24, 2.45) is 11.7 Å². The Labute approximate surface area is 133 Å². The fourth-order valence-electron chi connectivity index (χ4n) is 1.88. The molecule has 2 fully saturated rings. The summed E-state index contributed by atoms with van der Waals surface area (Å²) in [6.45, 7) is 0.683. The van der Waals surface area contributed by atoms with Gasteiger partial charge in [-0.3, -0.25) is 4.79 Å². The number of carbonyl (C=O) groups excluding carboxylic acids is 1. The smallest absolute Gasteiger partial charge is 0.367 e. The number of hydrogen-bond acceptors (Lipinski definition) is 5. The van der Waals surface area contributed by atoms with Gasteiger partial charge in [-0.15, -0.1) is 0 Å². The van der Waals surface area contributed by atoms with Crippen LogP contribution >= 0.6 is 0 Å². The first-order valence-electron chi connectivity index (χ1n) is 5.51. The second-order valence-corrected chi connectivity index (χ2v) is 6.20. The molecule has 100 valence electrons. The number of primary amides is 1. The van der Waals surface area contributed by atoms with Crippen molar-refractivity contribution >= 4 is 16.1 Å². The van der Waals surface area contributed by atoms with E-state index in [1.807, 2.05) is 6.07 Å². The van der Waals surface area contributed by atoms with Gasteiger partial charge < -0.3 is 10.5 Å². The molecule has 2 saturated heterocycles. The Morgan fingerprint density at radius 1 is 1.32 bits per heavy atom. The number of rotatable bonds is 3. The molecule has 2 aliphatic heterocycles. The molecule has 0 aliphatic carbocycles. The van der Waals surface area contributed by atoms with Gasteiger partial charge in [0.1, 0.15) is 6.10 Å². The average molecular weight is 297 g/mol. The van der Waals surface area contributed by atoms with Crippen molar-refractivity contribution in [3.05, 3.63) is 0 Å². The molecule has 0 spiro atoms. The van der Waals surface area contributed by atoms with Crippen LogP contribution in [0.4, 0.5) is 0 Å². The third kappa shape index (κ3) is 3.46. The van der Waals surface area contributed by atoms with Gasteiger partial charge in [0.25, 0.3) is 10.2 Å². The van der Waals surface area contributed by atoms with E-state index in [1.165, 1.54) is 8.61 Å². The van der Waals surface area contributed by atoms with Crippen molar-refractivity contribution in [3.8, 4) is 6.07 Å². The molecule has 0 unspecified atom stereocenters. The minimum Gasteiger partial charge on any atom is -0.367 e. The number of nitrogens with two attached hydrogens (primary N) is 1. The van der Waals surface area contributed by atoms with E-state index in [-0.39, 0.29) is 68.3 Å². The summed E-state index contributed by atoms with van der Waals surface area (Å²) in [7, 11) is -3.61. The first-order valence-corrected chi connectivity index (χ1v) is 6.90. The third-order valence-electron chi connectivity index (χ3n) is 3.03. The zero-order valence-electron chi connectivity index (χ0n) is 10.7. The van der Waals surface area contributed by atoms with Gasteiger partial charge in [-0.05, 0) is 0 Å². The summed E-state index contributed by atoms with van der Waals surface area (Å²) >= 11 is 0. The summed E-state index contributed by atoms with van der Waals surface area (Å²) < 4.78 is 31.8. The van der Waals surface area contributed by atoms with Gasteiger partial charge in [-0.2, -0.15) is 22.3 Å². The van der Waals surface area contributed by atoms with Crippen molar-refractivity contribution in [3.63, 3.8) is 0 Å². The minimum absolute atomic E-state index is 0. The first kappa shape index (κ1) is 16.8. The van der Waals surface area contributed by atoms with E-state index >= 15 is 0 Å². The fraction of sp³-hybridized carbons (Fsp3) is 0.778. The molecule has 0 radical (unpaired) electrons. The van der Waals surface area contributed by atoms with E-state index in [2.05, 4.69) is 0 Å². The zero-order valence-corrected chi connectivity index (χ0v) is 13.5. The van der Waals surface area contributed by atoms with Crippen molar-refractivity contribution in [2.75, 3.05) is 32.8 Å². The second kappa shape index (κ2) is 6.49. The molecule has 1 amide bonds. The van der Waals surface area contributed by atoms with Gasteiger partial charge in [0.05, 0.1) is 25.1 Å². The van der Waals surface area contributed by atoms with Crippen LogP contribution in [0.3, 0.4) is 0 Å². The molecule has 0 aromatic rings. The first-order chi connectivity index (χ1) is 8.45. The quantitative estimate of drug-likeness (QED) is 0.523. The van der Waals surface area contributed by atoms with Gasteiger partial charge in [0.15, 0.2) is 0 Å². The van der Waals surface area contributed by atoms with Crippen LogP contribution in [0.5, 0.6) is 0 Å². The van der Waals surface area contributed by atoms with E-state index < -0.39 is 22.2 Å². The van der Waals surface area contributed by atoms with Gasteiger partial charge in [-0.25, -0.2) is 0 Å². The Bertz CT molecular complexity index is 485. The van der Waals surface area contributed by atoms with E-state index in [1.54, 1.807) is 0 Å². The number of nitrogens with zero attached hydrogens (tertiary/aromatic N) is 3. The monoisotopic (exact) mass is 297 g/mol. The second-order valence-electron chi connectivity index (χ2n) is 4.27. The third-order valence-corrected chi connectivity index (χ3v) is 4.96. The Hall–Kier alpha value is -0.210. The summed E-state index contributed by atoms with van der Waals surface area (Å²) in [6.07, 6.45) is -0.901. The number of hydrogen-bond donors (Lipinski definition) is 1. The fourth-order valence-corrected chi connectivity index (χ4v) is 3.57. The number of carbonyl (C=O) groups is 1. The number of nitriles is 1. The standard InChI is InChI=1S/C9H14N4O4S.Na/c10-3-7-4-13(5-7)18(15,16)12-1-2-17-8(6-12)9(11)14;/h7-8H,1-2,4-6H2,(H2,11,14);/q;+1/t8-;/m0./s1. The topological polar surface area (TPSA) is 117 Å². The Morgan fingerprint density at radius 2 is 1.95 bits per heavy atom. The van der Waals surface area contributed by atoms with Crippen LogP contribution in [0.15, 0.2) is 0 Å². The van der Waals surface area contributed by atoms with Crippen LogP contribution in [0.25, 0.3) is 0 Å². The number of ether oxygens (including phenoxy) is 1. The molecule has 1 atom stereocenters. The molecule has 0 aromatic heterocycles. The van der Waals surface area contributed by atoms with E-state index in [9.17, 15) is 13.2 Å². The summed E-state index contributed by atoms with van der Waals surface area (Å²) in [6, 6.07) is 2.01. The molecule has 0 aromatic carbocycles. The van der Waals surface area contributed by atoms with Gasteiger partial charge in [0, 0.05) is 19.6 Å². The molecule has 2 rings (SSSR count). The van der Waals surface area contributed by atoms with Gasteiger partial charge in [0.2, 0.25) is 5.91 Å². The largest absolute Gasteiger partial charge is 1.00 e. The predicted molar refractivity (Wildman–Crippen MR) is 60.1 cm³/mol. The van der Waals surface area contributed by atoms with Crippen LogP contribution in [-0.4, -0.2) is 61.8 Å². The maximum Gasteiger partial charge on any atom is 1.00 e. The molecule has 0 saturated carbocycles. The van der Waals surface area contributed by atoms with Crippen LogP contribution < -0.4 is 35.3 Å². The molecule has 19 heavy (non-hydrogen) atoms. The van der Waals surface area contributed by atoms with Crippen molar-refractivity contribution < 1.29 is 47.5 Å². The van der Waals surface area contributed by atoms with Crippen molar-refractivity contribution in [1.29, 1.82) is 5.26 Å². The van der Waals surface area contributed by atoms with Crippen LogP contribution in [0.2, 0.25) is 0 Å². The van der Waals surface area contributed by atoms with Crippen molar-refractivity contribution in [1.82, 2.24) is 8.61 Å². The number of amides is 1. The van der Waals surface area contributed by atoms with Gasteiger partial charge in [-0.1, -0.05) is 0 Å². The molecule has 2 N–H and O–H groups in total. The van der Waals surface area contributed by atoms with E-state index in [0.717, 1.165) is 0 Å². The van der Waals surface area contributed by atoms with E-state index in [0.29, 0.717) is 0 Å². The Balaban J connectivity index is 0.00000180. The summed E-state index contributed by atoms with van der Waals surface area (Å²) in [5.74, 6) is -0.916. The SMILES string of the molecule is N#CC1CN(S(=O)(=O)N2CCO[C@H](C(N)=O)C2)C1.[Na+].